The average Bonchev–Trinajstić information content (AvgIpc) is 2.41. The van der Waals surface area contributed by atoms with Crippen molar-refractivity contribution in [3.05, 3.63) is 0 Å². The molecule has 0 bridgehead atoms. The summed E-state index contributed by atoms with van der Waals surface area (Å²) in [5, 5.41) is 3.29. The lowest BCUT2D eigenvalue weighted by Crippen LogP contribution is -2.51. The van der Waals surface area contributed by atoms with Crippen molar-refractivity contribution in [2.45, 2.75) is 58.0 Å². The molecule has 1 heterocycles. The summed E-state index contributed by atoms with van der Waals surface area (Å²) in [6, 6.07) is 0.643. The minimum atomic E-state index is 0.105. The summed E-state index contributed by atoms with van der Waals surface area (Å²) in [5.74, 6) is 1.36. The van der Waals surface area contributed by atoms with E-state index in [2.05, 4.69) is 31.1 Å². The molecule has 2 aliphatic rings. The molecular formula is C16H31N3O. The molecule has 0 aromatic rings. The highest BCUT2D eigenvalue weighted by Gasteiger charge is 2.31. The van der Waals surface area contributed by atoms with Gasteiger partial charge in [0.25, 0.3) is 0 Å². The number of rotatable bonds is 3. The molecule has 3 N–H and O–H groups in total. The van der Waals surface area contributed by atoms with Crippen LogP contribution in [0.5, 0.6) is 0 Å². The lowest BCUT2D eigenvalue weighted by atomic mass is 9.78. The van der Waals surface area contributed by atoms with Crippen molar-refractivity contribution in [2.75, 3.05) is 20.1 Å². The Morgan fingerprint density at radius 3 is 2.75 bits per heavy atom. The number of likely N-dealkylation sites (tertiary alicyclic amines) is 1. The van der Waals surface area contributed by atoms with Gasteiger partial charge in [-0.25, -0.2) is 0 Å². The summed E-state index contributed by atoms with van der Waals surface area (Å²) in [6.07, 6.45) is 5.54. The van der Waals surface area contributed by atoms with Gasteiger partial charge in [-0.05, 0) is 51.1 Å². The number of carbonyl (C=O) groups is 1. The summed E-state index contributed by atoms with van der Waals surface area (Å²) in [7, 11) is 2.15. The monoisotopic (exact) mass is 281 g/mol. The third-order valence-electron chi connectivity index (χ3n) is 5.31. The van der Waals surface area contributed by atoms with Crippen molar-refractivity contribution in [3.8, 4) is 0 Å². The van der Waals surface area contributed by atoms with Gasteiger partial charge in [0, 0.05) is 24.5 Å². The second-order valence-corrected chi connectivity index (χ2v) is 7.12. The molecule has 4 heteroatoms. The molecular weight excluding hydrogens is 250 g/mol. The number of piperidine rings is 1. The topological polar surface area (TPSA) is 58.4 Å². The first-order valence-electron chi connectivity index (χ1n) is 8.22. The van der Waals surface area contributed by atoms with Crippen LogP contribution in [-0.2, 0) is 4.79 Å². The van der Waals surface area contributed by atoms with Crippen LogP contribution in [0.4, 0.5) is 0 Å². The number of nitrogens with zero attached hydrogens (tertiary/aromatic N) is 1. The summed E-state index contributed by atoms with van der Waals surface area (Å²) in [5.41, 5.74) is 6.05. The molecule has 1 saturated carbocycles. The summed E-state index contributed by atoms with van der Waals surface area (Å²) in [6.45, 7) is 6.48. The molecule has 1 saturated heterocycles. The highest BCUT2D eigenvalue weighted by Crippen LogP contribution is 2.30. The van der Waals surface area contributed by atoms with E-state index in [9.17, 15) is 4.79 Å². The van der Waals surface area contributed by atoms with E-state index in [4.69, 9.17) is 5.73 Å². The Labute approximate surface area is 123 Å². The fourth-order valence-corrected chi connectivity index (χ4v) is 3.82. The van der Waals surface area contributed by atoms with Gasteiger partial charge in [-0.15, -0.1) is 0 Å². The Balaban J connectivity index is 1.84. The third-order valence-corrected chi connectivity index (χ3v) is 5.31. The van der Waals surface area contributed by atoms with Gasteiger partial charge in [0.15, 0.2) is 0 Å². The Morgan fingerprint density at radius 1 is 1.35 bits per heavy atom. The minimum Gasteiger partial charge on any atom is -0.353 e. The van der Waals surface area contributed by atoms with Crippen LogP contribution in [0.3, 0.4) is 0 Å². The Hall–Kier alpha value is -0.610. The van der Waals surface area contributed by atoms with Crippen molar-refractivity contribution in [1.29, 1.82) is 0 Å². The predicted molar refractivity (Wildman–Crippen MR) is 82.3 cm³/mol. The molecule has 0 aromatic heterocycles. The Kier molecular flexibility index (Phi) is 5.44. The number of nitrogens with two attached hydrogens (primary N) is 1. The summed E-state index contributed by atoms with van der Waals surface area (Å²) in [4.78, 5) is 14.8. The summed E-state index contributed by atoms with van der Waals surface area (Å²) >= 11 is 0. The molecule has 116 valence electrons. The summed E-state index contributed by atoms with van der Waals surface area (Å²) < 4.78 is 0. The van der Waals surface area contributed by atoms with Gasteiger partial charge in [-0.3, -0.25) is 4.79 Å². The molecule has 2 rings (SSSR count). The molecule has 4 nitrogen and oxygen atoms in total. The van der Waals surface area contributed by atoms with Gasteiger partial charge in [0.2, 0.25) is 5.91 Å². The van der Waals surface area contributed by atoms with Crippen LogP contribution in [0.1, 0.15) is 46.0 Å². The van der Waals surface area contributed by atoms with Crippen LogP contribution >= 0.6 is 0 Å². The van der Waals surface area contributed by atoms with Crippen molar-refractivity contribution in [1.82, 2.24) is 10.2 Å². The first-order chi connectivity index (χ1) is 9.47. The van der Waals surface area contributed by atoms with E-state index in [-0.39, 0.29) is 11.8 Å². The zero-order chi connectivity index (χ0) is 14.7. The first kappa shape index (κ1) is 15.8. The van der Waals surface area contributed by atoms with Crippen molar-refractivity contribution < 1.29 is 4.79 Å². The predicted octanol–water partition coefficient (Wildman–Crippen LogP) is 1.60. The molecule has 5 unspecified atom stereocenters. The molecule has 0 radical (unpaired) electrons. The molecule has 5 atom stereocenters. The van der Waals surface area contributed by atoms with Crippen molar-refractivity contribution in [2.24, 2.45) is 23.5 Å². The fraction of sp³-hybridized carbons (Fsp3) is 0.938. The number of hydrogen-bond acceptors (Lipinski definition) is 3. The second kappa shape index (κ2) is 6.90. The quantitative estimate of drug-likeness (QED) is 0.826. The van der Waals surface area contributed by atoms with Crippen LogP contribution in [0.25, 0.3) is 0 Å². The molecule has 2 fully saturated rings. The number of hydrogen-bond donors (Lipinski definition) is 2. The maximum absolute atomic E-state index is 12.5. The fourth-order valence-electron chi connectivity index (χ4n) is 3.82. The number of nitrogens with one attached hydrogen (secondary N) is 1. The molecule has 1 aliphatic carbocycles. The zero-order valence-electron chi connectivity index (χ0n) is 13.3. The van der Waals surface area contributed by atoms with E-state index in [1.807, 2.05) is 0 Å². The van der Waals surface area contributed by atoms with E-state index in [0.717, 1.165) is 38.8 Å². The maximum atomic E-state index is 12.5. The Bertz CT molecular complexity index is 334. The molecule has 1 amide bonds. The third kappa shape index (κ3) is 3.95. The SMILES string of the molecule is CC1CN(C)CCC1NC(=O)C(C)C1CCCC(N)C1. The van der Waals surface area contributed by atoms with Crippen molar-refractivity contribution >= 4 is 5.91 Å². The molecule has 0 aromatic carbocycles. The van der Waals surface area contributed by atoms with Crippen LogP contribution in [0, 0.1) is 17.8 Å². The maximum Gasteiger partial charge on any atom is 0.223 e. The van der Waals surface area contributed by atoms with Gasteiger partial charge in [-0.2, -0.15) is 0 Å². The molecule has 1 aliphatic heterocycles. The lowest BCUT2D eigenvalue weighted by molar-refractivity contribution is -0.128. The van der Waals surface area contributed by atoms with E-state index in [1.165, 1.54) is 6.42 Å². The largest absolute Gasteiger partial charge is 0.353 e. The average molecular weight is 281 g/mol. The van der Waals surface area contributed by atoms with E-state index in [1.54, 1.807) is 0 Å². The van der Waals surface area contributed by atoms with Crippen LogP contribution in [0.15, 0.2) is 0 Å². The van der Waals surface area contributed by atoms with Crippen LogP contribution in [0.2, 0.25) is 0 Å². The van der Waals surface area contributed by atoms with Gasteiger partial charge in [0.05, 0.1) is 0 Å². The molecule has 0 spiro atoms. The first-order valence-corrected chi connectivity index (χ1v) is 8.22. The number of amides is 1. The van der Waals surface area contributed by atoms with E-state index in [0.29, 0.717) is 23.9 Å². The highest BCUT2D eigenvalue weighted by molar-refractivity contribution is 5.79. The van der Waals surface area contributed by atoms with Gasteiger partial charge in [-0.1, -0.05) is 20.3 Å². The highest BCUT2D eigenvalue weighted by atomic mass is 16.1. The number of carbonyl (C=O) groups excluding carboxylic acids is 1. The van der Waals surface area contributed by atoms with E-state index < -0.39 is 0 Å². The molecule has 20 heavy (non-hydrogen) atoms. The Morgan fingerprint density at radius 2 is 2.10 bits per heavy atom. The van der Waals surface area contributed by atoms with E-state index >= 15 is 0 Å². The zero-order valence-corrected chi connectivity index (χ0v) is 13.3. The normalized spacial score (nSPS) is 37.4. The van der Waals surface area contributed by atoms with Crippen LogP contribution in [-0.4, -0.2) is 43.0 Å². The van der Waals surface area contributed by atoms with Gasteiger partial charge >= 0.3 is 0 Å². The van der Waals surface area contributed by atoms with Gasteiger partial charge < -0.3 is 16.0 Å². The standard InChI is InChI=1S/C16H31N3O/c1-11-10-19(3)8-7-15(11)18-16(20)12(2)13-5-4-6-14(17)9-13/h11-15H,4-10,17H2,1-3H3,(H,18,20). The van der Waals surface area contributed by atoms with Gasteiger partial charge in [0.1, 0.15) is 0 Å². The smallest absolute Gasteiger partial charge is 0.223 e. The van der Waals surface area contributed by atoms with Crippen LogP contribution < -0.4 is 11.1 Å². The second-order valence-electron chi connectivity index (χ2n) is 7.12. The van der Waals surface area contributed by atoms with Crippen molar-refractivity contribution in [3.63, 3.8) is 0 Å². The minimum absolute atomic E-state index is 0.105. The lowest BCUT2D eigenvalue weighted by Gasteiger charge is -2.37.